The molecule has 0 aromatic heterocycles. The Bertz CT molecular complexity index is 562. The smallest absolute Gasteiger partial charge is 0.253 e. The van der Waals surface area contributed by atoms with Crippen molar-refractivity contribution in [1.29, 1.82) is 0 Å². The van der Waals surface area contributed by atoms with Gasteiger partial charge in [-0.15, -0.1) is 0 Å². The molecular weight excluding hydrogens is 278 g/mol. The molecule has 1 aliphatic heterocycles. The normalized spacial score (nSPS) is 21.1. The molecule has 1 fully saturated rings. The van der Waals surface area contributed by atoms with Crippen molar-refractivity contribution in [2.75, 3.05) is 18.5 Å². The average molecular weight is 294 g/mol. The van der Waals surface area contributed by atoms with Crippen LogP contribution in [0.2, 0.25) is 5.02 Å². The summed E-state index contributed by atoms with van der Waals surface area (Å²) in [5.41, 5.74) is 1.15. The van der Waals surface area contributed by atoms with E-state index in [2.05, 4.69) is 17.2 Å². The van der Waals surface area contributed by atoms with Crippen LogP contribution in [0.25, 0.3) is 0 Å². The number of nitrogens with one attached hydrogen (secondary N) is 1. The first-order chi connectivity index (χ1) is 9.61. The third-order valence-electron chi connectivity index (χ3n) is 3.19. The number of benzene rings is 1. The molecule has 106 valence electrons. The number of aliphatic hydroxyl groups is 1. The Hall–Kier alpha value is -1.54. The fourth-order valence-electron chi connectivity index (χ4n) is 2.10. The van der Waals surface area contributed by atoms with Gasteiger partial charge < -0.3 is 15.2 Å². The second kappa shape index (κ2) is 6.76. The highest BCUT2D eigenvalue weighted by molar-refractivity contribution is 6.31. The molecule has 1 heterocycles. The molecule has 4 nitrogen and oxygen atoms in total. The molecular formula is C15H16ClNO3. The Morgan fingerprint density at radius 2 is 2.40 bits per heavy atom. The highest BCUT2D eigenvalue weighted by Crippen LogP contribution is 2.24. The van der Waals surface area contributed by atoms with Gasteiger partial charge in [-0.3, -0.25) is 4.79 Å². The lowest BCUT2D eigenvalue weighted by Crippen LogP contribution is -2.31. The molecule has 2 rings (SSSR count). The topological polar surface area (TPSA) is 58.6 Å². The minimum absolute atomic E-state index is 0.190. The zero-order chi connectivity index (χ0) is 14.5. The van der Waals surface area contributed by atoms with E-state index in [0.717, 1.165) is 6.42 Å². The molecule has 0 bridgehead atoms. The first kappa shape index (κ1) is 14.9. The lowest BCUT2D eigenvalue weighted by molar-refractivity contribution is -0.126. The van der Waals surface area contributed by atoms with E-state index >= 15 is 0 Å². The van der Waals surface area contributed by atoms with E-state index in [9.17, 15) is 4.79 Å². The van der Waals surface area contributed by atoms with Crippen molar-refractivity contribution < 1.29 is 14.6 Å². The van der Waals surface area contributed by atoms with Gasteiger partial charge in [0, 0.05) is 17.2 Å². The molecule has 0 radical (unpaired) electrons. The summed E-state index contributed by atoms with van der Waals surface area (Å²) in [6, 6.07) is 5.04. The molecule has 1 aromatic carbocycles. The van der Waals surface area contributed by atoms with Crippen LogP contribution in [0.4, 0.5) is 5.69 Å². The number of carbonyl (C=O) groups excluding carboxylic acids is 1. The maximum Gasteiger partial charge on any atom is 0.253 e. The fraction of sp³-hybridized carbons (Fsp3) is 0.400. The maximum atomic E-state index is 12.2. The number of carbonyl (C=O) groups is 1. The van der Waals surface area contributed by atoms with Crippen LogP contribution in [0, 0.1) is 17.8 Å². The largest absolute Gasteiger partial charge is 0.384 e. The summed E-state index contributed by atoms with van der Waals surface area (Å²) in [6.07, 6.45) is 0.442. The van der Waals surface area contributed by atoms with Crippen molar-refractivity contribution in [3.63, 3.8) is 0 Å². The molecule has 2 N–H and O–H groups in total. The molecule has 2 atom stereocenters. The average Bonchev–Trinajstić information content (AvgIpc) is 2.84. The van der Waals surface area contributed by atoms with Crippen molar-refractivity contribution in [1.82, 2.24) is 0 Å². The molecule has 0 spiro atoms. The summed E-state index contributed by atoms with van der Waals surface area (Å²) in [7, 11) is 0. The molecule has 2 unspecified atom stereocenters. The van der Waals surface area contributed by atoms with Crippen LogP contribution in [0.3, 0.4) is 0 Å². The summed E-state index contributed by atoms with van der Waals surface area (Å²) in [6.45, 7) is 2.35. The molecule has 1 aliphatic rings. The highest BCUT2D eigenvalue weighted by atomic mass is 35.5. The molecule has 20 heavy (non-hydrogen) atoms. The van der Waals surface area contributed by atoms with Crippen molar-refractivity contribution in [3.8, 4) is 11.8 Å². The monoisotopic (exact) mass is 293 g/mol. The van der Waals surface area contributed by atoms with E-state index < -0.39 is 6.10 Å². The van der Waals surface area contributed by atoms with Gasteiger partial charge in [-0.05, 0) is 30.5 Å². The van der Waals surface area contributed by atoms with Gasteiger partial charge in [0.15, 0.2) is 0 Å². The van der Waals surface area contributed by atoms with Crippen LogP contribution in [0.5, 0.6) is 0 Å². The summed E-state index contributed by atoms with van der Waals surface area (Å²) in [5.74, 6) is 5.34. The van der Waals surface area contributed by atoms with Crippen LogP contribution >= 0.6 is 11.6 Å². The summed E-state index contributed by atoms with van der Waals surface area (Å²) < 4.78 is 5.43. The Morgan fingerprint density at radius 3 is 3.05 bits per heavy atom. The summed E-state index contributed by atoms with van der Waals surface area (Å²) >= 11 is 5.94. The first-order valence-corrected chi connectivity index (χ1v) is 6.81. The highest BCUT2D eigenvalue weighted by Gasteiger charge is 2.31. The number of anilines is 1. The minimum atomic E-state index is -0.437. The quantitative estimate of drug-likeness (QED) is 0.821. The molecule has 0 saturated carbocycles. The minimum Gasteiger partial charge on any atom is -0.384 e. The van der Waals surface area contributed by atoms with Crippen molar-refractivity contribution in [3.05, 3.63) is 28.8 Å². The lowest BCUT2D eigenvalue weighted by Gasteiger charge is -2.15. The number of rotatable bonds is 2. The number of aliphatic hydroxyl groups excluding tert-OH is 1. The maximum absolute atomic E-state index is 12.2. The molecule has 0 aliphatic carbocycles. The summed E-state index contributed by atoms with van der Waals surface area (Å²) in [5, 5.41) is 12.1. The van der Waals surface area contributed by atoms with Gasteiger partial charge in [0.25, 0.3) is 5.91 Å². The van der Waals surface area contributed by atoms with Crippen LogP contribution < -0.4 is 5.32 Å². The van der Waals surface area contributed by atoms with Crippen LogP contribution in [0.15, 0.2) is 18.2 Å². The number of hydrogen-bond donors (Lipinski definition) is 2. The Kier molecular flexibility index (Phi) is 5.02. The second-order valence-electron chi connectivity index (χ2n) is 4.70. The van der Waals surface area contributed by atoms with E-state index in [-0.39, 0.29) is 18.4 Å². The zero-order valence-electron chi connectivity index (χ0n) is 11.1. The fourth-order valence-corrected chi connectivity index (χ4v) is 2.27. The number of amides is 1. The Labute approximate surface area is 123 Å². The SMILES string of the molecule is CC1CCOC1C(=O)Nc1cc(Cl)ccc1C#CCO. The van der Waals surface area contributed by atoms with Gasteiger partial charge in [0.2, 0.25) is 0 Å². The van der Waals surface area contributed by atoms with Crippen molar-refractivity contribution in [2.45, 2.75) is 19.4 Å². The van der Waals surface area contributed by atoms with Gasteiger partial charge in [-0.25, -0.2) is 0 Å². The third kappa shape index (κ3) is 3.51. The van der Waals surface area contributed by atoms with Gasteiger partial charge >= 0.3 is 0 Å². The van der Waals surface area contributed by atoms with Crippen molar-refractivity contribution >= 4 is 23.2 Å². The number of halogens is 1. The van der Waals surface area contributed by atoms with E-state index in [1.54, 1.807) is 18.2 Å². The predicted octanol–water partition coefficient (Wildman–Crippen LogP) is 2.05. The zero-order valence-corrected chi connectivity index (χ0v) is 11.9. The molecule has 1 saturated heterocycles. The Morgan fingerprint density at radius 1 is 1.60 bits per heavy atom. The van der Waals surface area contributed by atoms with E-state index in [1.165, 1.54) is 0 Å². The first-order valence-electron chi connectivity index (χ1n) is 6.43. The van der Waals surface area contributed by atoms with Gasteiger partial charge in [0.05, 0.1) is 5.69 Å². The van der Waals surface area contributed by atoms with E-state index in [4.69, 9.17) is 21.4 Å². The Balaban J connectivity index is 2.19. The third-order valence-corrected chi connectivity index (χ3v) is 3.42. The van der Waals surface area contributed by atoms with Gasteiger partial charge in [-0.1, -0.05) is 30.4 Å². The van der Waals surface area contributed by atoms with Gasteiger partial charge in [-0.2, -0.15) is 0 Å². The van der Waals surface area contributed by atoms with E-state index in [1.807, 2.05) is 6.92 Å². The van der Waals surface area contributed by atoms with Crippen LogP contribution in [-0.4, -0.2) is 30.3 Å². The lowest BCUT2D eigenvalue weighted by atomic mass is 10.0. The summed E-state index contributed by atoms with van der Waals surface area (Å²) in [4.78, 5) is 12.2. The number of hydrogen-bond acceptors (Lipinski definition) is 3. The standard InChI is InChI=1S/C15H16ClNO3/c1-10-6-8-20-14(10)15(19)17-13-9-12(16)5-4-11(13)3-2-7-18/h4-5,9-10,14,18H,6-8H2,1H3,(H,17,19). The second-order valence-corrected chi connectivity index (χ2v) is 5.13. The molecule has 1 aromatic rings. The van der Waals surface area contributed by atoms with Gasteiger partial charge in [0.1, 0.15) is 12.7 Å². The number of ether oxygens (including phenoxy) is 1. The van der Waals surface area contributed by atoms with E-state index in [0.29, 0.717) is 22.9 Å². The predicted molar refractivity (Wildman–Crippen MR) is 77.6 cm³/mol. The molecule has 5 heteroatoms. The molecule has 1 amide bonds. The van der Waals surface area contributed by atoms with Crippen LogP contribution in [-0.2, 0) is 9.53 Å². The van der Waals surface area contributed by atoms with Crippen molar-refractivity contribution in [2.24, 2.45) is 5.92 Å². The van der Waals surface area contributed by atoms with Crippen LogP contribution in [0.1, 0.15) is 18.9 Å².